The average molecular weight is 247 g/mol. The smallest absolute Gasteiger partial charge is 0.308 e. The van der Waals surface area contributed by atoms with Crippen LogP contribution in [0.1, 0.15) is 24.9 Å². The van der Waals surface area contributed by atoms with E-state index in [9.17, 15) is 13.2 Å². The van der Waals surface area contributed by atoms with Crippen LogP contribution >= 0.6 is 0 Å². The van der Waals surface area contributed by atoms with Crippen LogP contribution in [0.5, 0.6) is 0 Å². The highest BCUT2D eigenvalue weighted by molar-refractivity contribution is 5.18. The molecule has 1 aromatic rings. The van der Waals surface area contributed by atoms with Gasteiger partial charge >= 0.3 is 6.36 Å². The van der Waals surface area contributed by atoms with E-state index in [1.165, 1.54) is 0 Å². The summed E-state index contributed by atoms with van der Waals surface area (Å²) in [4.78, 5) is 0. The predicted molar refractivity (Wildman–Crippen MR) is 59.5 cm³/mol. The van der Waals surface area contributed by atoms with Crippen LogP contribution in [0.4, 0.5) is 13.2 Å². The zero-order valence-electron chi connectivity index (χ0n) is 9.63. The van der Waals surface area contributed by atoms with Crippen LogP contribution in [-0.2, 0) is 4.74 Å². The van der Waals surface area contributed by atoms with E-state index in [0.29, 0.717) is 0 Å². The molecule has 5 heteroatoms. The topological polar surface area (TPSA) is 21.3 Å². The monoisotopic (exact) mass is 247 g/mol. The van der Waals surface area contributed by atoms with Gasteiger partial charge in [0.25, 0.3) is 0 Å². The summed E-state index contributed by atoms with van der Waals surface area (Å²) in [7, 11) is 0. The van der Waals surface area contributed by atoms with Crippen molar-refractivity contribution < 1.29 is 17.9 Å². The molecule has 0 aliphatic rings. The fraction of sp³-hybridized carbons (Fsp3) is 0.500. The summed E-state index contributed by atoms with van der Waals surface area (Å²) in [5, 5.41) is 3.03. The van der Waals surface area contributed by atoms with Gasteiger partial charge in [0.2, 0.25) is 0 Å². The Morgan fingerprint density at radius 2 is 1.88 bits per heavy atom. The molecule has 1 aromatic carbocycles. The number of ether oxygens (including phenoxy) is 1. The first-order valence-corrected chi connectivity index (χ1v) is 5.52. The SMILES string of the molecule is CCC(NCCOC(F)(F)F)c1ccccc1. The van der Waals surface area contributed by atoms with Gasteiger partial charge in [-0.3, -0.25) is 4.74 Å². The van der Waals surface area contributed by atoms with Gasteiger partial charge in [-0.1, -0.05) is 37.3 Å². The second-order valence-corrected chi connectivity index (χ2v) is 3.62. The molecular formula is C12H16F3NO. The van der Waals surface area contributed by atoms with E-state index in [0.717, 1.165) is 12.0 Å². The lowest BCUT2D eigenvalue weighted by atomic mass is 10.1. The van der Waals surface area contributed by atoms with Crippen molar-refractivity contribution in [2.24, 2.45) is 0 Å². The first kappa shape index (κ1) is 14.0. The number of alkyl halides is 3. The van der Waals surface area contributed by atoms with Crippen LogP contribution in [-0.4, -0.2) is 19.5 Å². The summed E-state index contributed by atoms with van der Waals surface area (Å²) in [5.74, 6) is 0. The highest BCUT2D eigenvalue weighted by atomic mass is 19.4. The zero-order chi connectivity index (χ0) is 12.7. The van der Waals surface area contributed by atoms with Gasteiger partial charge in [-0.15, -0.1) is 13.2 Å². The molecule has 0 saturated carbocycles. The van der Waals surface area contributed by atoms with E-state index in [1.54, 1.807) is 0 Å². The molecule has 0 bridgehead atoms. The minimum absolute atomic E-state index is 0.0630. The second kappa shape index (κ2) is 6.61. The molecule has 0 saturated heterocycles. The molecule has 0 aromatic heterocycles. The highest BCUT2D eigenvalue weighted by Crippen LogP contribution is 2.17. The van der Waals surface area contributed by atoms with Gasteiger partial charge in [0, 0.05) is 12.6 Å². The van der Waals surface area contributed by atoms with Gasteiger partial charge in [-0.2, -0.15) is 0 Å². The Bertz CT molecular complexity index is 313. The molecule has 1 rings (SSSR count). The third kappa shape index (κ3) is 5.70. The van der Waals surface area contributed by atoms with Crippen LogP contribution in [0.25, 0.3) is 0 Å². The first-order chi connectivity index (χ1) is 8.03. The maximum absolute atomic E-state index is 11.7. The average Bonchev–Trinajstić information content (AvgIpc) is 2.29. The van der Waals surface area contributed by atoms with Gasteiger partial charge in [0.05, 0.1) is 6.61 Å². The Morgan fingerprint density at radius 1 is 1.24 bits per heavy atom. The van der Waals surface area contributed by atoms with E-state index in [-0.39, 0.29) is 19.2 Å². The molecule has 0 aliphatic heterocycles. The molecule has 1 atom stereocenters. The number of rotatable bonds is 6. The van der Waals surface area contributed by atoms with Gasteiger partial charge in [-0.05, 0) is 12.0 Å². The molecule has 96 valence electrons. The third-order valence-electron chi connectivity index (χ3n) is 2.37. The first-order valence-electron chi connectivity index (χ1n) is 5.52. The molecule has 1 unspecified atom stereocenters. The minimum atomic E-state index is -4.55. The Kier molecular flexibility index (Phi) is 5.44. The van der Waals surface area contributed by atoms with Crippen molar-refractivity contribution in [1.29, 1.82) is 0 Å². The van der Waals surface area contributed by atoms with Gasteiger partial charge in [-0.25, -0.2) is 0 Å². The number of halogens is 3. The largest absolute Gasteiger partial charge is 0.522 e. The highest BCUT2D eigenvalue weighted by Gasteiger charge is 2.28. The number of hydrogen-bond acceptors (Lipinski definition) is 2. The van der Waals surface area contributed by atoms with Crippen molar-refractivity contribution >= 4 is 0 Å². The zero-order valence-corrected chi connectivity index (χ0v) is 9.63. The normalized spacial score (nSPS) is 13.6. The van der Waals surface area contributed by atoms with E-state index in [2.05, 4.69) is 10.1 Å². The lowest BCUT2D eigenvalue weighted by Crippen LogP contribution is -2.27. The van der Waals surface area contributed by atoms with Crippen molar-refractivity contribution in [3.05, 3.63) is 35.9 Å². The lowest BCUT2D eigenvalue weighted by molar-refractivity contribution is -0.323. The quantitative estimate of drug-likeness (QED) is 0.779. The summed E-state index contributed by atoms with van der Waals surface area (Å²) in [5.41, 5.74) is 1.07. The fourth-order valence-corrected chi connectivity index (χ4v) is 1.58. The molecule has 0 amide bonds. The fourth-order valence-electron chi connectivity index (χ4n) is 1.58. The Morgan fingerprint density at radius 3 is 2.41 bits per heavy atom. The van der Waals surface area contributed by atoms with Gasteiger partial charge in [0.15, 0.2) is 0 Å². The molecule has 1 N–H and O–H groups in total. The Balaban J connectivity index is 2.34. The lowest BCUT2D eigenvalue weighted by Gasteiger charge is -2.17. The standard InChI is InChI=1S/C12H16F3NO/c1-2-11(10-6-4-3-5-7-10)16-8-9-17-12(13,14)15/h3-7,11,16H,2,8-9H2,1H3. The minimum Gasteiger partial charge on any atom is -0.308 e. The molecule has 0 radical (unpaired) electrons. The maximum Gasteiger partial charge on any atom is 0.522 e. The molecule has 17 heavy (non-hydrogen) atoms. The summed E-state index contributed by atoms with van der Waals surface area (Å²) >= 11 is 0. The van der Waals surface area contributed by atoms with Crippen LogP contribution < -0.4 is 5.32 Å². The number of benzene rings is 1. The van der Waals surface area contributed by atoms with Crippen molar-refractivity contribution in [3.8, 4) is 0 Å². The molecule has 0 spiro atoms. The molecule has 0 heterocycles. The second-order valence-electron chi connectivity index (χ2n) is 3.62. The van der Waals surface area contributed by atoms with Gasteiger partial charge in [0.1, 0.15) is 0 Å². The van der Waals surface area contributed by atoms with Crippen LogP contribution in [0.2, 0.25) is 0 Å². The van der Waals surface area contributed by atoms with Crippen LogP contribution in [0.3, 0.4) is 0 Å². The Labute approximate surface area is 98.8 Å². The molecule has 2 nitrogen and oxygen atoms in total. The van der Waals surface area contributed by atoms with E-state index < -0.39 is 6.36 Å². The molecule has 0 fully saturated rings. The Hall–Kier alpha value is -1.07. The van der Waals surface area contributed by atoms with Gasteiger partial charge < -0.3 is 5.32 Å². The third-order valence-corrected chi connectivity index (χ3v) is 2.37. The summed E-state index contributed by atoms with van der Waals surface area (Å²) in [6, 6.07) is 9.69. The van der Waals surface area contributed by atoms with Crippen molar-refractivity contribution in [3.63, 3.8) is 0 Å². The summed E-state index contributed by atoms with van der Waals surface area (Å²) < 4.78 is 38.9. The molecule has 0 aliphatic carbocycles. The summed E-state index contributed by atoms with van der Waals surface area (Å²) in [6.07, 6.45) is -3.73. The maximum atomic E-state index is 11.7. The molecular weight excluding hydrogens is 231 g/mol. The van der Waals surface area contributed by atoms with E-state index in [4.69, 9.17) is 0 Å². The summed E-state index contributed by atoms with van der Waals surface area (Å²) in [6.45, 7) is 1.79. The van der Waals surface area contributed by atoms with Crippen LogP contribution in [0.15, 0.2) is 30.3 Å². The number of nitrogens with one attached hydrogen (secondary N) is 1. The van der Waals surface area contributed by atoms with Crippen molar-refractivity contribution in [2.45, 2.75) is 25.7 Å². The van der Waals surface area contributed by atoms with Crippen LogP contribution in [0, 0.1) is 0 Å². The van der Waals surface area contributed by atoms with Crippen molar-refractivity contribution in [2.75, 3.05) is 13.2 Å². The van der Waals surface area contributed by atoms with Crippen molar-refractivity contribution in [1.82, 2.24) is 5.32 Å². The number of hydrogen-bond donors (Lipinski definition) is 1. The van der Waals surface area contributed by atoms with E-state index in [1.807, 2.05) is 37.3 Å². The van der Waals surface area contributed by atoms with E-state index >= 15 is 0 Å². The predicted octanol–water partition coefficient (Wildman–Crippen LogP) is 3.26.